The number of benzene rings is 2. The van der Waals surface area contributed by atoms with Crippen molar-refractivity contribution in [1.29, 1.82) is 0 Å². The molecule has 2 aliphatic heterocycles. The summed E-state index contributed by atoms with van der Waals surface area (Å²) in [6, 6.07) is 13.4. The number of carbonyl (C=O) groups is 2. The second kappa shape index (κ2) is 12.3. The molecule has 2 atom stereocenters. The summed E-state index contributed by atoms with van der Waals surface area (Å²) in [5.74, 6) is 0.409. The number of rotatable bonds is 7. The molecule has 2 aromatic carbocycles. The van der Waals surface area contributed by atoms with E-state index in [0.717, 1.165) is 43.1 Å². The van der Waals surface area contributed by atoms with Crippen molar-refractivity contribution in [3.63, 3.8) is 0 Å². The average molecular weight is 527 g/mol. The minimum Gasteiger partial charge on any atom is -0.486 e. The van der Waals surface area contributed by atoms with Gasteiger partial charge in [-0.2, -0.15) is 0 Å². The fraction of sp³-hybridized carbons (Fsp3) is 0.517. The first-order chi connectivity index (χ1) is 17.7. The lowest BCUT2D eigenvalue weighted by molar-refractivity contribution is -0.120. The maximum Gasteiger partial charge on any atom is 0.257 e. The second-order valence-electron chi connectivity index (χ2n) is 10.7. The monoisotopic (exact) mass is 526 g/mol. The van der Waals surface area contributed by atoms with Gasteiger partial charge in [0.2, 0.25) is 5.91 Å². The third kappa shape index (κ3) is 6.83. The van der Waals surface area contributed by atoms with Crippen molar-refractivity contribution in [3.05, 3.63) is 58.6 Å². The van der Waals surface area contributed by atoms with Gasteiger partial charge in [0, 0.05) is 42.5 Å². The second-order valence-corrected chi connectivity index (χ2v) is 11.1. The van der Waals surface area contributed by atoms with Gasteiger partial charge in [0.05, 0.1) is 11.3 Å². The average Bonchev–Trinajstić information content (AvgIpc) is 2.86. The van der Waals surface area contributed by atoms with Crippen LogP contribution in [0, 0.1) is 11.8 Å². The number of hydrogen-bond donors (Lipinski definition) is 2. The molecule has 200 valence electrons. The predicted molar refractivity (Wildman–Crippen MR) is 148 cm³/mol. The highest BCUT2D eigenvalue weighted by molar-refractivity contribution is 6.30. The summed E-state index contributed by atoms with van der Waals surface area (Å²) in [7, 11) is 2.06. The highest BCUT2D eigenvalue weighted by atomic mass is 35.5. The Labute approximate surface area is 225 Å². The number of hydrogen-bond acceptors (Lipinski definition) is 5. The minimum atomic E-state index is -0.186. The molecular weight excluding hydrogens is 488 g/mol. The summed E-state index contributed by atoms with van der Waals surface area (Å²) in [4.78, 5) is 30.9. The van der Waals surface area contributed by atoms with Gasteiger partial charge in [0.25, 0.3) is 5.91 Å². The molecule has 1 fully saturated rings. The lowest BCUT2D eigenvalue weighted by Crippen LogP contribution is -2.48. The van der Waals surface area contributed by atoms with Crippen LogP contribution in [0.2, 0.25) is 5.02 Å². The highest BCUT2D eigenvalue weighted by Crippen LogP contribution is 2.35. The van der Waals surface area contributed by atoms with Crippen molar-refractivity contribution < 1.29 is 14.3 Å². The van der Waals surface area contributed by atoms with E-state index in [0.29, 0.717) is 30.1 Å². The van der Waals surface area contributed by atoms with E-state index in [1.54, 1.807) is 6.07 Å². The van der Waals surface area contributed by atoms with Gasteiger partial charge < -0.3 is 20.3 Å². The van der Waals surface area contributed by atoms with E-state index in [2.05, 4.69) is 35.6 Å². The van der Waals surface area contributed by atoms with Crippen molar-refractivity contribution >= 4 is 29.1 Å². The smallest absolute Gasteiger partial charge is 0.257 e. The maximum atomic E-state index is 13.6. The number of nitrogens with zero attached hydrogens (tertiary/aromatic N) is 2. The van der Waals surface area contributed by atoms with E-state index in [-0.39, 0.29) is 35.8 Å². The summed E-state index contributed by atoms with van der Waals surface area (Å²) in [5.41, 5.74) is 2.18. The maximum absolute atomic E-state index is 13.6. The van der Waals surface area contributed by atoms with Crippen molar-refractivity contribution in [2.45, 2.75) is 52.3 Å². The zero-order chi connectivity index (χ0) is 26.5. The topological polar surface area (TPSA) is 73.9 Å². The Morgan fingerprint density at radius 1 is 1.22 bits per heavy atom. The van der Waals surface area contributed by atoms with Gasteiger partial charge in [-0.3, -0.25) is 14.5 Å². The molecule has 1 saturated heterocycles. The Balaban J connectivity index is 1.62. The van der Waals surface area contributed by atoms with E-state index >= 15 is 0 Å². The first-order valence-electron chi connectivity index (χ1n) is 13.3. The van der Waals surface area contributed by atoms with Gasteiger partial charge in [-0.1, -0.05) is 36.7 Å². The molecule has 2 N–H and O–H groups in total. The first-order valence-corrected chi connectivity index (χ1v) is 13.7. The van der Waals surface area contributed by atoms with E-state index < -0.39 is 0 Å². The first kappa shape index (κ1) is 27.4. The molecular formula is C29H39ClN4O3. The Hall–Kier alpha value is -2.61. The van der Waals surface area contributed by atoms with E-state index in [1.807, 2.05) is 49.1 Å². The van der Waals surface area contributed by atoms with Crippen LogP contribution < -0.4 is 15.4 Å². The van der Waals surface area contributed by atoms with Crippen molar-refractivity contribution in [2.75, 3.05) is 38.5 Å². The largest absolute Gasteiger partial charge is 0.486 e. The number of halogens is 1. The predicted octanol–water partition coefficient (Wildman–Crippen LogP) is 4.66. The van der Waals surface area contributed by atoms with Crippen LogP contribution in [0.15, 0.2) is 42.5 Å². The molecule has 7 nitrogen and oxygen atoms in total. The van der Waals surface area contributed by atoms with Gasteiger partial charge in [-0.05, 0) is 76.7 Å². The van der Waals surface area contributed by atoms with E-state index in [1.165, 1.54) is 0 Å². The Morgan fingerprint density at radius 2 is 1.95 bits per heavy atom. The molecule has 2 amide bonds. The molecule has 0 aliphatic carbocycles. The SMILES string of the molecule is CC1CN(C(C)C)C(=O)c2cccc(NC(=O)C3CCNCC3)c2OC1CN(C)Cc1cccc(Cl)c1. The lowest BCUT2D eigenvalue weighted by Gasteiger charge is -2.38. The summed E-state index contributed by atoms with van der Waals surface area (Å²) in [5, 5.41) is 7.12. The van der Waals surface area contributed by atoms with Crippen LogP contribution in [0.25, 0.3) is 0 Å². The molecule has 0 spiro atoms. The van der Waals surface area contributed by atoms with Gasteiger partial charge in [-0.25, -0.2) is 0 Å². The van der Waals surface area contributed by atoms with Crippen molar-refractivity contribution in [1.82, 2.24) is 15.1 Å². The number of ether oxygens (including phenoxy) is 1. The summed E-state index contributed by atoms with van der Waals surface area (Å²) in [6.07, 6.45) is 1.42. The van der Waals surface area contributed by atoms with Crippen LogP contribution in [-0.4, -0.2) is 67.0 Å². The molecule has 4 rings (SSSR count). The zero-order valence-corrected chi connectivity index (χ0v) is 23.1. The molecule has 8 heteroatoms. The number of fused-ring (bicyclic) bond motifs is 1. The van der Waals surface area contributed by atoms with E-state index in [4.69, 9.17) is 16.3 Å². The van der Waals surface area contributed by atoms with E-state index in [9.17, 15) is 9.59 Å². The summed E-state index contributed by atoms with van der Waals surface area (Å²) in [6.45, 7) is 9.85. The zero-order valence-electron chi connectivity index (χ0n) is 22.3. The lowest BCUT2D eigenvalue weighted by atomic mass is 9.96. The Bertz CT molecular complexity index is 1100. The Morgan fingerprint density at radius 3 is 2.65 bits per heavy atom. The number of anilines is 1. The normalized spacial score (nSPS) is 20.8. The summed E-state index contributed by atoms with van der Waals surface area (Å²) >= 11 is 6.19. The van der Waals surface area contributed by atoms with Gasteiger partial charge in [0.1, 0.15) is 6.10 Å². The fourth-order valence-electron chi connectivity index (χ4n) is 5.16. The third-order valence-electron chi connectivity index (χ3n) is 7.32. The molecule has 37 heavy (non-hydrogen) atoms. The van der Waals surface area contributed by atoms with Crippen LogP contribution >= 0.6 is 11.6 Å². The quantitative estimate of drug-likeness (QED) is 0.549. The van der Waals surface area contributed by atoms with Crippen LogP contribution in [0.1, 0.15) is 49.5 Å². The van der Waals surface area contributed by atoms with Crippen molar-refractivity contribution in [3.8, 4) is 5.75 Å². The Kier molecular flexibility index (Phi) is 9.11. The van der Waals surface area contributed by atoms with Crippen LogP contribution in [0.5, 0.6) is 5.75 Å². The van der Waals surface area contributed by atoms with Crippen molar-refractivity contribution in [2.24, 2.45) is 11.8 Å². The highest BCUT2D eigenvalue weighted by Gasteiger charge is 2.34. The molecule has 2 unspecified atom stereocenters. The number of para-hydroxylation sites is 1. The van der Waals surface area contributed by atoms with Crippen LogP contribution in [0.3, 0.4) is 0 Å². The van der Waals surface area contributed by atoms with Gasteiger partial charge in [-0.15, -0.1) is 0 Å². The van der Waals surface area contributed by atoms with Gasteiger partial charge >= 0.3 is 0 Å². The van der Waals surface area contributed by atoms with Crippen LogP contribution in [0.4, 0.5) is 5.69 Å². The number of piperidine rings is 1. The summed E-state index contributed by atoms with van der Waals surface area (Å²) < 4.78 is 6.66. The number of carbonyl (C=O) groups excluding carboxylic acids is 2. The number of likely N-dealkylation sites (N-methyl/N-ethyl adjacent to an activating group) is 1. The van der Waals surface area contributed by atoms with Gasteiger partial charge in [0.15, 0.2) is 5.75 Å². The third-order valence-corrected chi connectivity index (χ3v) is 7.55. The molecule has 0 radical (unpaired) electrons. The molecule has 2 aromatic rings. The molecule has 2 heterocycles. The molecule has 0 aromatic heterocycles. The molecule has 0 bridgehead atoms. The molecule has 0 saturated carbocycles. The van der Waals surface area contributed by atoms with Crippen LogP contribution in [-0.2, 0) is 11.3 Å². The number of amides is 2. The fourth-order valence-corrected chi connectivity index (χ4v) is 5.38. The number of nitrogens with one attached hydrogen (secondary N) is 2. The minimum absolute atomic E-state index is 0.0172. The standard InChI is InChI=1S/C29H39ClN4O3/c1-19(2)34-16-20(3)26(18-33(4)17-21-7-5-8-23(30)15-21)37-27-24(29(34)36)9-6-10-25(27)32-28(35)22-11-13-31-14-12-22/h5-10,15,19-20,22,26,31H,11-14,16-18H2,1-4H3,(H,32,35). The molecule has 2 aliphatic rings.